The highest BCUT2D eigenvalue weighted by Gasteiger charge is 2.38. The average molecular weight is 513 g/mol. The molecule has 2 aromatic rings. The molecule has 2 fully saturated rings. The lowest BCUT2D eigenvalue weighted by Crippen LogP contribution is -2.56. The van der Waals surface area contributed by atoms with Gasteiger partial charge in [-0.3, -0.25) is 19.3 Å². The number of methoxy groups -OCH3 is 1. The molecule has 1 heterocycles. The molecule has 0 aromatic heterocycles. The first-order valence-corrected chi connectivity index (χ1v) is 12.8. The van der Waals surface area contributed by atoms with Gasteiger partial charge in [0.25, 0.3) is 5.91 Å². The second-order valence-corrected chi connectivity index (χ2v) is 9.79. The molecular weight excluding hydrogens is 480 g/mol. The Hall–Kier alpha value is -3.10. The van der Waals surface area contributed by atoms with Crippen LogP contribution in [0, 0.1) is 5.92 Å². The summed E-state index contributed by atoms with van der Waals surface area (Å²) in [6.07, 6.45) is 3.68. The predicted octanol–water partition coefficient (Wildman–Crippen LogP) is 3.01. The highest BCUT2D eigenvalue weighted by molar-refractivity contribution is 6.34. The summed E-state index contributed by atoms with van der Waals surface area (Å²) in [5.74, 6) is -0.453. The van der Waals surface area contributed by atoms with Crippen LogP contribution in [0.2, 0.25) is 5.02 Å². The molecule has 0 bridgehead atoms. The Morgan fingerprint density at radius 1 is 1.03 bits per heavy atom. The number of halogens is 1. The number of benzene rings is 2. The van der Waals surface area contributed by atoms with Crippen molar-refractivity contribution in [1.82, 2.24) is 15.1 Å². The number of primary amides is 1. The molecular formula is C27H33ClN4O4. The molecule has 9 heteroatoms. The largest absolute Gasteiger partial charge is 0.497 e. The number of piperazine rings is 1. The van der Waals surface area contributed by atoms with Crippen LogP contribution in [0.5, 0.6) is 5.75 Å². The zero-order chi connectivity index (χ0) is 25.7. The number of hydrogen-bond donors (Lipinski definition) is 2. The second kappa shape index (κ2) is 11.8. The molecule has 1 aliphatic heterocycles. The molecule has 0 spiro atoms. The van der Waals surface area contributed by atoms with Gasteiger partial charge in [0.15, 0.2) is 0 Å². The highest BCUT2D eigenvalue weighted by atomic mass is 35.5. The van der Waals surface area contributed by atoms with Crippen LogP contribution in [0.3, 0.4) is 0 Å². The lowest BCUT2D eigenvalue weighted by molar-refractivity contribution is -0.133. The first-order valence-electron chi connectivity index (χ1n) is 12.4. The maximum atomic E-state index is 13.4. The van der Waals surface area contributed by atoms with Gasteiger partial charge in [-0.2, -0.15) is 0 Å². The van der Waals surface area contributed by atoms with Gasteiger partial charge in [-0.05, 0) is 36.6 Å². The summed E-state index contributed by atoms with van der Waals surface area (Å²) in [5.41, 5.74) is 6.76. The Labute approximate surface area is 216 Å². The number of nitrogens with one attached hydrogen (secondary N) is 1. The molecule has 192 valence electrons. The number of nitrogens with two attached hydrogens (primary N) is 1. The number of ether oxygens (including phenoxy) is 1. The number of rotatable bonds is 7. The third-order valence-corrected chi connectivity index (χ3v) is 7.56. The zero-order valence-corrected chi connectivity index (χ0v) is 21.2. The van der Waals surface area contributed by atoms with Crippen molar-refractivity contribution in [2.75, 3.05) is 33.3 Å². The summed E-state index contributed by atoms with van der Waals surface area (Å²) in [7, 11) is 1.56. The maximum absolute atomic E-state index is 13.4. The average Bonchev–Trinajstić information content (AvgIpc) is 2.91. The van der Waals surface area contributed by atoms with Crippen LogP contribution in [-0.2, 0) is 9.59 Å². The van der Waals surface area contributed by atoms with Crippen molar-refractivity contribution in [2.24, 2.45) is 11.7 Å². The lowest BCUT2D eigenvalue weighted by atomic mass is 9.82. The van der Waals surface area contributed by atoms with Crippen LogP contribution in [0.25, 0.3) is 0 Å². The minimum absolute atomic E-state index is 0.0601. The van der Waals surface area contributed by atoms with E-state index in [9.17, 15) is 14.4 Å². The Morgan fingerprint density at radius 3 is 2.36 bits per heavy atom. The summed E-state index contributed by atoms with van der Waals surface area (Å²) in [5, 5.41) is 3.27. The molecule has 3 atom stereocenters. The molecule has 1 aliphatic carbocycles. The van der Waals surface area contributed by atoms with E-state index in [0.717, 1.165) is 25.7 Å². The van der Waals surface area contributed by atoms with Crippen LogP contribution in [0.4, 0.5) is 0 Å². The molecule has 36 heavy (non-hydrogen) atoms. The van der Waals surface area contributed by atoms with Crippen molar-refractivity contribution in [3.63, 3.8) is 0 Å². The van der Waals surface area contributed by atoms with Gasteiger partial charge in [0.05, 0.1) is 23.6 Å². The van der Waals surface area contributed by atoms with E-state index in [1.807, 2.05) is 18.2 Å². The zero-order valence-electron chi connectivity index (χ0n) is 20.5. The molecule has 0 radical (unpaired) electrons. The van der Waals surface area contributed by atoms with E-state index in [-0.39, 0.29) is 23.8 Å². The smallest absolute Gasteiger partial charge is 0.255 e. The van der Waals surface area contributed by atoms with Gasteiger partial charge < -0.3 is 20.7 Å². The molecule has 8 nitrogen and oxygen atoms in total. The summed E-state index contributed by atoms with van der Waals surface area (Å²) < 4.78 is 5.17. The fraction of sp³-hybridized carbons (Fsp3) is 0.444. The molecule has 3 N–H and O–H groups in total. The van der Waals surface area contributed by atoms with E-state index in [1.165, 1.54) is 0 Å². The van der Waals surface area contributed by atoms with Gasteiger partial charge in [0.1, 0.15) is 11.8 Å². The molecule has 2 aromatic carbocycles. The number of nitrogens with zero attached hydrogens (tertiary/aromatic N) is 2. The van der Waals surface area contributed by atoms with Crippen molar-refractivity contribution >= 4 is 29.3 Å². The Balaban J connectivity index is 1.40. The van der Waals surface area contributed by atoms with Gasteiger partial charge in [0, 0.05) is 32.2 Å². The molecule has 4 rings (SSSR count). The van der Waals surface area contributed by atoms with Crippen LogP contribution in [0.1, 0.15) is 47.6 Å². The minimum atomic E-state index is -0.856. The van der Waals surface area contributed by atoms with Crippen molar-refractivity contribution < 1.29 is 19.1 Å². The number of hydrogen-bond acceptors (Lipinski definition) is 5. The summed E-state index contributed by atoms with van der Waals surface area (Å²) >= 11 is 6.32. The Kier molecular flexibility index (Phi) is 8.48. The normalized spacial score (nSPS) is 21.4. The van der Waals surface area contributed by atoms with E-state index >= 15 is 0 Å². The molecule has 1 saturated carbocycles. The molecule has 0 unspecified atom stereocenters. The van der Waals surface area contributed by atoms with Gasteiger partial charge in [-0.1, -0.05) is 54.8 Å². The fourth-order valence-corrected chi connectivity index (χ4v) is 5.54. The number of carbonyl (C=O) groups is 3. The number of carbonyl (C=O) groups excluding carboxylic acids is 3. The van der Waals surface area contributed by atoms with Gasteiger partial charge in [0.2, 0.25) is 11.8 Å². The molecule has 3 amide bonds. The van der Waals surface area contributed by atoms with E-state index in [1.54, 1.807) is 42.3 Å². The van der Waals surface area contributed by atoms with Crippen molar-refractivity contribution in [3.8, 4) is 5.75 Å². The standard InChI is InChI=1S/C27H33ClN4O4/c1-36-19-11-12-20(22(28)17-19)27(35)32-15-13-31(14-16-32)23-10-6-5-9-21(23)26(34)30-24(25(29)33)18-7-3-2-4-8-18/h2-4,7-8,11-12,17,21,23-24H,5-6,9-10,13-16H2,1H3,(H2,29,33)(H,30,34)/t21-,23-,24+/m1/s1. The topological polar surface area (TPSA) is 105 Å². The minimum Gasteiger partial charge on any atom is -0.497 e. The first-order chi connectivity index (χ1) is 17.4. The van der Waals surface area contributed by atoms with Crippen LogP contribution < -0.4 is 15.8 Å². The van der Waals surface area contributed by atoms with Crippen molar-refractivity contribution in [3.05, 3.63) is 64.7 Å². The van der Waals surface area contributed by atoms with Gasteiger partial charge >= 0.3 is 0 Å². The number of amides is 3. The second-order valence-electron chi connectivity index (χ2n) is 9.39. The molecule has 1 saturated heterocycles. The lowest BCUT2D eigenvalue weighted by Gasteiger charge is -2.44. The van der Waals surface area contributed by atoms with E-state index in [4.69, 9.17) is 22.1 Å². The summed E-state index contributed by atoms with van der Waals surface area (Å²) in [4.78, 5) is 42.7. The van der Waals surface area contributed by atoms with Crippen LogP contribution in [0.15, 0.2) is 48.5 Å². The SMILES string of the molecule is COc1ccc(C(=O)N2CCN([C@@H]3CCCC[C@H]3C(=O)N[C@H](C(N)=O)c3ccccc3)CC2)c(Cl)c1. The van der Waals surface area contributed by atoms with Crippen molar-refractivity contribution in [1.29, 1.82) is 0 Å². The Bertz CT molecular complexity index is 1090. The maximum Gasteiger partial charge on any atom is 0.255 e. The van der Waals surface area contributed by atoms with E-state index in [2.05, 4.69) is 10.2 Å². The summed E-state index contributed by atoms with van der Waals surface area (Å²) in [6.45, 7) is 2.46. The van der Waals surface area contributed by atoms with Gasteiger partial charge in [-0.25, -0.2) is 0 Å². The third kappa shape index (κ3) is 5.82. The first kappa shape index (κ1) is 26.0. The van der Waals surface area contributed by atoms with Gasteiger partial charge in [-0.15, -0.1) is 0 Å². The van der Waals surface area contributed by atoms with Crippen molar-refractivity contribution in [2.45, 2.75) is 37.8 Å². The molecule has 2 aliphatic rings. The van der Waals surface area contributed by atoms with Crippen LogP contribution in [-0.4, -0.2) is 66.9 Å². The quantitative estimate of drug-likeness (QED) is 0.593. The third-order valence-electron chi connectivity index (χ3n) is 7.25. The van der Waals surface area contributed by atoms with E-state index in [0.29, 0.717) is 48.1 Å². The monoisotopic (exact) mass is 512 g/mol. The highest BCUT2D eigenvalue weighted by Crippen LogP contribution is 2.31. The predicted molar refractivity (Wildman–Crippen MR) is 138 cm³/mol. The fourth-order valence-electron chi connectivity index (χ4n) is 5.29. The summed E-state index contributed by atoms with van der Waals surface area (Å²) in [6, 6.07) is 13.3. The van der Waals surface area contributed by atoms with Crippen LogP contribution >= 0.6 is 11.6 Å². The Morgan fingerprint density at radius 2 is 1.72 bits per heavy atom. The van der Waals surface area contributed by atoms with E-state index < -0.39 is 11.9 Å².